The van der Waals surface area contributed by atoms with Crippen LogP contribution in [0.3, 0.4) is 0 Å². The minimum Gasteiger partial charge on any atom is -0.493 e. The molecule has 1 heterocycles. The van der Waals surface area contributed by atoms with Crippen molar-refractivity contribution in [2.75, 3.05) is 31.5 Å². The van der Waals surface area contributed by atoms with E-state index in [9.17, 15) is 24.0 Å². The molecule has 0 unspecified atom stereocenters. The lowest BCUT2D eigenvalue weighted by Crippen LogP contribution is -2.59. The number of carbonyl (C=O) groups is 5. The molecule has 0 spiro atoms. The number of urea groups is 1. The van der Waals surface area contributed by atoms with E-state index in [1.54, 1.807) is 31.2 Å². The van der Waals surface area contributed by atoms with Gasteiger partial charge in [-0.15, -0.1) is 0 Å². The molecule has 3 aromatic carbocycles. The SMILES string of the molecule is COc1cc(C(=O)Nc2ccc(C(=O)N/N=C\[C@@H]3C(=O)NC(=O)N(c4ccccc4C)C3=O)cc2)cc(OC)c1OC. The molecule has 42 heavy (non-hydrogen) atoms. The fourth-order valence-electron chi connectivity index (χ4n) is 4.12. The first-order chi connectivity index (χ1) is 20.2. The molecule has 0 aliphatic carbocycles. The number of anilines is 2. The quantitative estimate of drug-likeness (QED) is 0.200. The molecule has 1 saturated heterocycles. The van der Waals surface area contributed by atoms with Crippen LogP contribution in [0, 0.1) is 12.8 Å². The van der Waals surface area contributed by atoms with Crippen LogP contribution in [0.5, 0.6) is 17.2 Å². The van der Waals surface area contributed by atoms with Gasteiger partial charge in [0.15, 0.2) is 17.4 Å². The van der Waals surface area contributed by atoms with Crippen molar-refractivity contribution < 1.29 is 38.2 Å². The molecule has 216 valence electrons. The maximum Gasteiger partial charge on any atom is 0.335 e. The second-order valence-electron chi connectivity index (χ2n) is 8.90. The van der Waals surface area contributed by atoms with Crippen molar-refractivity contribution in [1.29, 1.82) is 0 Å². The van der Waals surface area contributed by atoms with Crippen molar-refractivity contribution in [3.05, 3.63) is 77.4 Å². The number of benzene rings is 3. The second-order valence-corrected chi connectivity index (χ2v) is 8.90. The van der Waals surface area contributed by atoms with Gasteiger partial charge in [0.1, 0.15) is 0 Å². The van der Waals surface area contributed by atoms with E-state index in [0.717, 1.165) is 11.1 Å². The standard InChI is InChI=1S/C29H27N5O8/c1-16-7-5-6-8-21(16)34-28(38)20(27(37)32-29(34)39)15-30-33-26(36)17-9-11-19(12-10-17)31-25(35)18-13-22(40-2)24(42-4)23(14-18)41-3/h5-15,20H,1-4H3,(H,31,35)(H,33,36)(H,32,37,39)/b30-15-/t20-/m1/s1. The Hall–Kier alpha value is -5.72. The highest BCUT2D eigenvalue weighted by Gasteiger charge is 2.41. The Morgan fingerprint density at radius 1 is 0.881 bits per heavy atom. The van der Waals surface area contributed by atoms with Gasteiger partial charge in [0.2, 0.25) is 11.7 Å². The highest BCUT2D eigenvalue weighted by molar-refractivity contribution is 6.32. The van der Waals surface area contributed by atoms with Crippen molar-refractivity contribution in [1.82, 2.24) is 10.7 Å². The van der Waals surface area contributed by atoms with Gasteiger partial charge < -0.3 is 19.5 Å². The lowest BCUT2D eigenvalue weighted by Gasteiger charge is -2.29. The van der Waals surface area contributed by atoms with E-state index in [2.05, 4.69) is 21.2 Å². The minimum atomic E-state index is -1.43. The number of hydrogen-bond acceptors (Lipinski definition) is 9. The summed E-state index contributed by atoms with van der Waals surface area (Å²) in [6.07, 6.45) is 0.958. The Morgan fingerprint density at radius 2 is 1.52 bits per heavy atom. The number of nitrogens with zero attached hydrogens (tertiary/aromatic N) is 2. The van der Waals surface area contributed by atoms with Crippen LogP contribution in [0.2, 0.25) is 0 Å². The number of hydrogen-bond donors (Lipinski definition) is 3. The summed E-state index contributed by atoms with van der Waals surface area (Å²) in [5, 5.41) is 8.60. The fourth-order valence-corrected chi connectivity index (χ4v) is 4.12. The van der Waals surface area contributed by atoms with Gasteiger partial charge in [-0.25, -0.2) is 15.1 Å². The topological polar surface area (TPSA) is 165 Å². The molecule has 1 atom stereocenters. The van der Waals surface area contributed by atoms with E-state index in [4.69, 9.17) is 14.2 Å². The summed E-state index contributed by atoms with van der Waals surface area (Å²) in [5.74, 6) is -3.21. The van der Waals surface area contributed by atoms with Gasteiger partial charge in [0, 0.05) is 23.0 Å². The molecule has 13 nitrogen and oxygen atoms in total. The molecular formula is C29H27N5O8. The van der Waals surface area contributed by atoms with Crippen molar-refractivity contribution in [2.24, 2.45) is 11.0 Å². The Balaban J connectivity index is 1.40. The van der Waals surface area contributed by atoms with Crippen molar-refractivity contribution >= 4 is 47.2 Å². The molecule has 3 aromatic rings. The number of para-hydroxylation sites is 1. The Bertz CT molecular complexity index is 1560. The van der Waals surface area contributed by atoms with E-state index in [-0.39, 0.29) is 11.1 Å². The van der Waals surface area contributed by atoms with E-state index < -0.39 is 35.6 Å². The van der Waals surface area contributed by atoms with E-state index in [1.165, 1.54) is 57.7 Å². The van der Waals surface area contributed by atoms with Gasteiger partial charge >= 0.3 is 6.03 Å². The van der Waals surface area contributed by atoms with Crippen LogP contribution >= 0.6 is 0 Å². The Kier molecular flexibility index (Phi) is 8.81. The largest absolute Gasteiger partial charge is 0.493 e. The molecule has 6 amide bonds. The monoisotopic (exact) mass is 573 g/mol. The number of amides is 6. The number of ether oxygens (including phenoxy) is 3. The van der Waals surface area contributed by atoms with Gasteiger partial charge in [0.05, 0.1) is 27.0 Å². The number of aryl methyl sites for hydroxylation is 1. The van der Waals surface area contributed by atoms with Gasteiger partial charge in [-0.3, -0.25) is 24.5 Å². The molecular weight excluding hydrogens is 546 g/mol. The second kappa shape index (κ2) is 12.6. The van der Waals surface area contributed by atoms with E-state index in [1.807, 2.05) is 0 Å². The van der Waals surface area contributed by atoms with Crippen LogP contribution in [0.4, 0.5) is 16.2 Å². The number of hydrazone groups is 1. The maximum atomic E-state index is 13.0. The number of carbonyl (C=O) groups excluding carboxylic acids is 5. The van der Waals surface area contributed by atoms with E-state index >= 15 is 0 Å². The zero-order valence-corrected chi connectivity index (χ0v) is 23.1. The lowest BCUT2D eigenvalue weighted by atomic mass is 10.0. The van der Waals surface area contributed by atoms with Gasteiger partial charge in [0.25, 0.3) is 17.7 Å². The van der Waals surface area contributed by atoms with Crippen LogP contribution in [0.1, 0.15) is 26.3 Å². The Labute approximate surface area is 240 Å². The van der Waals surface area contributed by atoms with Crippen molar-refractivity contribution in [3.63, 3.8) is 0 Å². The normalized spacial score (nSPS) is 14.8. The summed E-state index contributed by atoms with van der Waals surface area (Å²) in [4.78, 5) is 63.9. The van der Waals surface area contributed by atoms with Crippen molar-refractivity contribution in [3.8, 4) is 17.2 Å². The summed E-state index contributed by atoms with van der Waals surface area (Å²) in [7, 11) is 4.34. The average molecular weight is 574 g/mol. The van der Waals surface area contributed by atoms with Gasteiger partial charge in [-0.05, 0) is 55.0 Å². The summed E-state index contributed by atoms with van der Waals surface area (Å²) in [5.41, 5.74) is 4.08. The zero-order chi connectivity index (χ0) is 30.4. The van der Waals surface area contributed by atoms with Crippen LogP contribution in [0.25, 0.3) is 0 Å². The molecule has 13 heteroatoms. The molecule has 0 saturated carbocycles. The van der Waals surface area contributed by atoms with Gasteiger partial charge in [-0.1, -0.05) is 18.2 Å². The van der Waals surface area contributed by atoms with Crippen molar-refractivity contribution in [2.45, 2.75) is 6.92 Å². The van der Waals surface area contributed by atoms with Crippen LogP contribution in [-0.2, 0) is 9.59 Å². The highest BCUT2D eigenvalue weighted by atomic mass is 16.5. The molecule has 1 fully saturated rings. The molecule has 0 aromatic heterocycles. The third-order valence-electron chi connectivity index (χ3n) is 6.28. The third-order valence-corrected chi connectivity index (χ3v) is 6.28. The minimum absolute atomic E-state index is 0.189. The van der Waals surface area contributed by atoms with Crippen LogP contribution in [0.15, 0.2) is 65.8 Å². The number of barbiturate groups is 1. The third kappa shape index (κ3) is 6.04. The molecule has 1 aliphatic rings. The summed E-state index contributed by atoms with van der Waals surface area (Å²) < 4.78 is 15.8. The first kappa shape index (κ1) is 29.3. The smallest absolute Gasteiger partial charge is 0.335 e. The molecule has 0 radical (unpaired) electrons. The summed E-state index contributed by atoms with van der Waals surface area (Å²) in [6, 6.07) is 14.8. The number of methoxy groups -OCH3 is 3. The average Bonchev–Trinajstić information content (AvgIpc) is 2.99. The first-order valence-electron chi connectivity index (χ1n) is 12.5. The zero-order valence-electron chi connectivity index (χ0n) is 23.1. The fraction of sp³-hybridized carbons (Fsp3) is 0.172. The number of rotatable bonds is 9. The summed E-state index contributed by atoms with van der Waals surface area (Å²) in [6.45, 7) is 1.72. The molecule has 3 N–H and O–H groups in total. The highest BCUT2D eigenvalue weighted by Crippen LogP contribution is 2.38. The molecule has 1 aliphatic heterocycles. The molecule has 4 rings (SSSR count). The lowest BCUT2D eigenvalue weighted by molar-refractivity contribution is -0.131. The first-order valence-corrected chi connectivity index (χ1v) is 12.5. The van der Waals surface area contributed by atoms with Gasteiger partial charge in [-0.2, -0.15) is 5.10 Å². The Morgan fingerprint density at radius 3 is 2.12 bits per heavy atom. The summed E-state index contributed by atoms with van der Waals surface area (Å²) >= 11 is 0. The van der Waals surface area contributed by atoms with Crippen LogP contribution < -0.4 is 35.2 Å². The van der Waals surface area contributed by atoms with Crippen LogP contribution in [-0.4, -0.2) is 57.2 Å². The predicted octanol–water partition coefficient (Wildman–Crippen LogP) is 2.89. The maximum absolute atomic E-state index is 13.0. The number of nitrogens with one attached hydrogen (secondary N) is 3. The predicted molar refractivity (Wildman–Crippen MR) is 152 cm³/mol. The number of imide groups is 2. The van der Waals surface area contributed by atoms with E-state index in [0.29, 0.717) is 34.2 Å². The molecule has 0 bridgehead atoms.